The van der Waals surface area contributed by atoms with Crippen LogP contribution in [0, 0.1) is 0 Å². The molecule has 11 heteroatoms. The molecule has 5 N–H and O–H groups in total. The van der Waals surface area contributed by atoms with Crippen molar-refractivity contribution in [3.63, 3.8) is 0 Å². The first kappa shape index (κ1) is 23.8. The lowest BCUT2D eigenvalue weighted by atomic mass is 9.99. The van der Waals surface area contributed by atoms with Crippen molar-refractivity contribution in [3.05, 3.63) is 46.6 Å². The normalized spacial score (nSPS) is 24.7. The summed E-state index contributed by atoms with van der Waals surface area (Å²) in [5.74, 6) is 0.452. The van der Waals surface area contributed by atoms with Crippen LogP contribution in [0.3, 0.4) is 0 Å². The molecule has 0 amide bonds. The lowest BCUT2D eigenvalue weighted by molar-refractivity contribution is -0.277. The molecule has 182 valence electrons. The Morgan fingerprint density at radius 1 is 0.941 bits per heavy atom. The fourth-order valence-electron chi connectivity index (χ4n) is 3.71. The number of phenols is 1. The maximum atomic E-state index is 13.1. The summed E-state index contributed by atoms with van der Waals surface area (Å²) in [7, 11) is 2.80. The Morgan fingerprint density at radius 3 is 2.35 bits per heavy atom. The van der Waals surface area contributed by atoms with Gasteiger partial charge < -0.3 is 48.9 Å². The van der Waals surface area contributed by atoms with Gasteiger partial charge in [-0.05, 0) is 18.2 Å². The number of aliphatic hydroxyl groups is 4. The minimum atomic E-state index is -1.67. The minimum Gasteiger partial charge on any atom is -0.504 e. The third kappa shape index (κ3) is 4.27. The average molecular weight is 476 g/mol. The molecule has 0 bridgehead atoms. The van der Waals surface area contributed by atoms with Crippen LogP contribution < -0.4 is 19.6 Å². The molecule has 0 saturated carbocycles. The van der Waals surface area contributed by atoms with Gasteiger partial charge in [-0.25, -0.2) is 0 Å². The molecule has 1 aliphatic heterocycles. The van der Waals surface area contributed by atoms with Crippen LogP contribution in [-0.4, -0.2) is 77.1 Å². The standard InChI is InChI=1S/C23H24O11/c1-30-11-6-16-19(13(26)8-15(32-16)10-3-4-14(31-2)12(25)5-10)17(7-11)33-23-22(29)21(28)20(27)18(9-24)34-23/h3-8,18,20-25,27-29H,9H2,1-2H3/t18-,20-,21+,22-,23-/m1/s1. The third-order valence-corrected chi connectivity index (χ3v) is 5.56. The van der Waals surface area contributed by atoms with Gasteiger partial charge in [0.2, 0.25) is 6.29 Å². The second kappa shape index (κ2) is 9.49. The number of aliphatic hydroxyl groups excluding tert-OH is 4. The summed E-state index contributed by atoms with van der Waals surface area (Å²) in [6, 6.07) is 8.55. The molecule has 1 saturated heterocycles. The van der Waals surface area contributed by atoms with E-state index in [0.717, 1.165) is 0 Å². The highest BCUT2D eigenvalue weighted by molar-refractivity contribution is 5.86. The van der Waals surface area contributed by atoms with Crippen LogP contribution in [0.2, 0.25) is 0 Å². The van der Waals surface area contributed by atoms with Crippen molar-refractivity contribution in [2.45, 2.75) is 30.7 Å². The molecule has 1 aromatic heterocycles. The zero-order valence-electron chi connectivity index (χ0n) is 18.2. The van der Waals surface area contributed by atoms with Crippen molar-refractivity contribution < 1.29 is 48.9 Å². The molecule has 0 unspecified atom stereocenters. The number of hydrogen-bond acceptors (Lipinski definition) is 11. The number of phenolic OH excluding ortho intramolecular Hbond substituents is 1. The smallest absolute Gasteiger partial charge is 0.229 e. The predicted molar refractivity (Wildman–Crippen MR) is 117 cm³/mol. The van der Waals surface area contributed by atoms with Crippen LogP contribution in [0.4, 0.5) is 0 Å². The van der Waals surface area contributed by atoms with Gasteiger partial charge in [0.15, 0.2) is 16.9 Å². The Morgan fingerprint density at radius 2 is 1.71 bits per heavy atom. The summed E-state index contributed by atoms with van der Waals surface area (Å²) in [6.07, 6.45) is -7.59. The highest BCUT2D eigenvalue weighted by atomic mass is 16.7. The summed E-state index contributed by atoms with van der Waals surface area (Å²) < 4.78 is 27.3. The van der Waals surface area contributed by atoms with Crippen LogP contribution in [0.25, 0.3) is 22.3 Å². The summed E-state index contributed by atoms with van der Waals surface area (Å²) in [4.78, 5) is 13.1. The van der Waals surface area contributed by atoms with Gasteiger partial charge in [-0.1, -0.05) is 0 Å². The topological polar surface area (TPSA) is 168 Å². The monoisotopic (exact) mass is 476 g/mol. The summed E-state index contributed by atoms with van der Waals surface area (Å²) in [5, 5.41) is 49.8. The fraction of sp³-hybridized carbons (Fsp3) is 0.348. The maximum Gasteiger partial charge on any atom is 0.229 e. The van der Waals surface area contributed by atoms with Gasteiger partial charge in [-0.15, -0.1) is 0 Å². The zero-order valence-corrected chi connectivity index (χ0v) is 18.2. The fourth-order valence-corrected chi connectivity index (χ4v) is 3.71. The van der Waals surface area contributed by atoms with Crippen LogP contribution in [0.5, 0.6) is 23.0 Å². The highest BCUT2D eigenvalue weighted by Crippen LogP contribution is 2.36. The predicted octanol–water partition coefficient (Wildman–Crippen LogP) is 0.361. The summed E-state index contributed by atoms with van der Waals surface area (Å²) >= 11 is 0. The van der Waals surface area contributed by atoms with Gasteiger partial charge in [-0.2, -0.15) is 0 Å². The average Bonchev–Trinajstić information content (AvgIpc) is 2.83. The summed E-state index contributed by atoms with van der Waals surface area (Å²) in [6.45, 7) is -0.635. The third-order valence-electron chi connectivity index (χ3n) is 5.56. The van der Waals surface area contributed by atoms with Gasteiger partial charge in [0, 0.05) is 23.8 Å². The van der Waals surface area contributed by atoms with E-state index in [2.05, 4.69) is 0 Å². The molecule has 0 aliphatic carbocycles. The number of rotatable bonds is 6. The van der Waals surface area contributed by atoms with Gasteiger partial charge >= 0.3 is 0 Å². The molecule has 2 aromatic carbocycles. The Hall–Kier alpha value is -3.35. The minimum absolute atomic E-state index is 0.000700. The van der Waals surface area contributed by atoms with Crippen LogP contribution in [-0.2, 0) is 4.74 Å². The van der Waals surface area contributed by atoms with Crippen molar-refractivity contribution >= 4 is 11.0 Å². The van der Waals surface area contributed by atoms with Crippen molar-refractivity contribution in [2.75, 3.05) is 20.8 Å². The van der Waals surface area contributed by atoms with Crippen molar-refractivity contribution in [2.24, 2.45) is 0 Å². The van der Waals surface area contributed by atoms with Gasteiger partial charge in [0.05, 0.1) is 20.8 Å². The summed E-state index contributed by atoms with van der Waals surface area (Å²) in [5.41, 5.74) is -0.0120. The van der Waals surface area contributed by atoms with E-state index in [1.807, 2.05) is 0 Å². The highest BCUT2D eigenvalue weighted by Gasteiger charge is 2.45. The zero-order chi connectivity index (χ0) is 24.6. The van der Waals surface area contributed by atoms with E-state index in [9.17, 15) is 30.3 Å². The van der Waals surface area contributed by atoms with E-state index in [4.69, 9.17) is 23.4 Å². The number of methoxy groups -OCH3 is 2. The van der Waals surface area contributed by atoms with Crippen molar-refractivity contribution in [3.8, 4) is 34.3 Å². The molecule has 0 spiro atoms. The van der Waals surface area contributed by atoms with E-state index < -0.39 is 42.7 Å². The number of ether oxygens (including phenoxy) is 4. The lowest BCUT2D eigenvalue weighted by Crippen LogP contribution is -2.60. The number of fused-ring (bicyclic) bond motifs is 1. The van der Waals surface area contributed by atoms with Crippen molar-refractivity contribution in [1.82, 2.24) is 0 Å². The van der Waals surface area contributed by atoms with Gasteiger partial charge in [0.25, 0.3) is 0 Å². The van der Waals surface area contributed by atoms with Crippen LogP contribution >= 0.6 is 0 Å². The molecule has 2 heterocycles. The van der Waals surface area contributed by atoms with Crippen LogP contribution in [0.15, 0.2) is 45.6 Å². The molecule has 0 radical (unpaired) electrons. The van der Waals surface area contributed by atoms with Crippen LogP contribution in [0.1, 0.15) is 0 Å². The molecular weight excluding hydrogens is 452 g/mol. The number of benzene rings is 2. The SMILES string of the molecule is COc1cc(O[C@@H]2O[C@H](CO)[C@@H](O)[C@H](O)[C@H]2O)c2c(=O)cc(-c3ccc(OC)c(O)c3)oc2c1. The second-order valence-electron chi connectivity index (χ2n) is 7.68. The number of aromatic hydroxyl groups is 1. The van der Waals surface area contributed by atoms with E-state index in [1.54, 1.807) is 6.07 Å². The molecule has 1 fully saturated rings. The molecule has 3 aromatic rings. The number of hydrogen-bond donors (Lipinski definition) is 5. The second-order valence-corrected chi connectivity index (χ2v) is 7.68. The van der Waals surface area contributed by atoms with Crippen molar-refractivity contribution in [1.29, 1.82) is 0 Å². The molecule has 4 rings (SSSR count). The van der Waals surface area contributed by atoms with Gasteiger partial charge in [0.1, 0.15) is 52.6 Å². The van der Waals surface area contributed by atoms with E-state index in [0.29, 0.717) is 5.56 Å². The van der Waals surface area contributed by atoms with Gasteiger partial charge in [-0.3, -0.25) is 4.79 Å². The first-order valence-electron chi connectivity index (χ1n) is 10.3. The quantitative estimate of drug-likeness (QED) is 0.333. The lowest BCUT2D eigenvalue weighted by Gasteiger charge is -2.39. The Bertz CT molecular complexity index is 1240. The first-order valence-corrected chi connectivity index (χ1v) is 10.3. The van der Waals surface area contributed by atoms with E-state index in [1.165, 1.54) is 44.6 Å². The molecule has 5 atom stereocenters. The molecule has 1 aliphatic rings. The Balaban J connectivity index is 1.78. The Labute approximate surface area is 192 Å². The van der Waals surface area contributed by atoms with E-state index in [-0.39, 0.29) is 39.7 Å². The molecule has 34 heavy (non-hydrogen) atoms. The Kier molecular flexibility index (Phi) is 6.64. The van der Waals surface area contributed by atoms with E-state index >= 15 is 0 Å². The molecular formula is C23H24O11. The largest absolute Gasteiger partial charge is 0.504 e. The maximum absolute atomic E-state index is 13.1. The first-order chi connectivity index (χ1) is 16.3. The molecule has 11 nitrogen and oxygen atoms in total.